The molecule has 2 heterocycles. The Morgan fingerprint density at radius 2 is 2.00 bits per heavy atom. The molecule has 0 amide bonds. The van der Waals surface area contributed by atoms with Crippen molar-refractivity contribution < 1.29 is 0 Å². The van der Waals surface area contributed by atoms with Crippen LogP contribution in [0.3, 0.4) is 0 Å². The van der Waals surface area contributed by atoms with Gasteiger partial charge in [0, 0.05) is 0 Å². The molecule has 0 atom stereocenters. The highest BCUT2D eigenvalue weighted by Crippen LogP contribution is 2.26. The molecular weight excluding hydrogens is 251 g/mol. The van der Waals surface area contributed by atoms with E-state index < -0.39 is 0 Å². The fourth-order valence-electron chi connectivity index (χ4n) is 1.74. The van der Waals surface area contributed by atoms with E-state index >= 15 is 0 Å². The molecule has 0 radical (unpaired) electrons. The zero-order chi connectivity index (χ0) is 10.7. The quantitative estimate of drug-likeness (QED) is 0.817. The maximum Gasteiger partial charge on any atom is 0.170 e. The molecule has 1 aromatic heterocycles. The second-order valence-electron chi connectivity index (χ2n) is 3.73. The van der Waals surface area contributed by atoms with E-state index in [1.807, 2.05) is 17.8 Å². The molecule has 15 heavy (non-hydrogen) atoms. The maximum absolute atomic E-state index is 5.89. The summed E-state index contributed by atoms with van der Waals surface area (Å²) >= 11 is 13.6. The number of nitrogens with zero attached hydrogens (tertiary/aromatic N) is 2. The fraction of sp³-hybridized carbons (Fsp3) is 0.600. The third-order valence-electron chi connectivity index (χ3n) is 2.60. The minimum atomic E-state index is 0.291. The van der Waals surface area contributed by atoms with Gasteiger partial charge in [0.05, 0.1) is 10.7 Å². The Labute approximate surface area is 104 Å². The Balaban J connectivity index is 2.00. The normalized spacial score (nSPS) is 18.0. The number of rotatable bonds is 2. The summed E-state index contributed by atoms with van der Waals surface area (Å²) in [5.41, 5.74) is 0.960. The lowest BCUT2D eigenvalue weighted by atomic mass is 9.97. The van der Waals surface area contributed by atoms with Crippen molar-refractivity contribution in [3.8, 4) is 0 Å². The molecule has 1 aromatic rings. The molecule has 0 aliphatic carbocycles. The summed E-state index contributed by atoms with van der Waals surface area (Å²) in [6, 6.07) is 1.83. The van der Waals surface area contributed by atoms with Crippen LogP contribution < -0.4 is 0 Å². The van der Waals surface area contributed by atoms with Crippen LogP contribution in [0.2, 0.25) is 10.2 Å². The van der Waals surface area contributed by atoms with Gasteiger partial charge in [-0.3, -0.25) is 0 Å². The monoisotopic (exact) mass is 262 g/mol. The van der Waals surface area contributed by atoms with Crippen LogP contribution in [0.25, 0.3) is 0 Å². The van der Waals surface area contributed by atoms with Gasteiger partial charge in [0.1, 0.15) is 0 Å². The maximum atomic E-state index is 5.89. The average molecular weight is 263 g/mol. The van der Waals surface area contributed by atoms with E-state index in [1.165, 1.54) is 24.3 Å². The lowest BCUT2D eigenvalue weighted by Gasteiger charge is -2.20. The van der Waals surface area contributed by atoms with Crippen molar-refractivity contribution in [3.63, 3.8) is 0 Å². The highest BCUT2D eigenvalue weighted by Gasteiger charge is 2.15. The molecule has 82 valence electrons. The van der Waals surface area contributed by atoms with Crippen LogP contribution in [-0.4, -0.2) is 21.7 Å². The van der Waals surface area contributed by atoms with E-state index in [9.17, 15) is 0 Å². The van der Waals surface area contributed by atoms with Crippen molar-refractivity contribution >= 4 is 35.0 Å². The average Bonchev–Trinajstić information content (AvgIpc) is 2.25. The first-order chi connectivity index (χ1) is 7.25. The van der Waals surface area contributed by atoms with Crippen molar-refractivity contribution in [1.29, 1.82) is 0 Å². The molecule has 0 N–H and O–H groups in total. The van der Waals surface area contributed by atoms with Gasteiger partial charge in [0.25, 0.3) is 0 Å². The molecule has 0 unspecified atom stereocenters. The van der Waals surface area contributed by atoms with Gasteiger partial charge in [-0.15, -0.1) is 5.10 Å². The second kappa shape index (κ2) is 5.37. The van der Waals surface area contributed by atoms with Gasteiger partial charge in [-0.05, 0) is 42.8 Å². The molecule has 1 aliphatic heterocycles. The Morgan fingerprint density at radius 3 is 2.67 bits per heavy atom. The topological polar surface area (TPSA) is 25.8 Å². The number of halogens is 2. The third kappa shape index (κ3) is 3.23. The van der Waals surface area contributed by atoms with Gasteiger partial charge in [0.2, 0.25) is 0 Å². The predicted molar refractivity (Wildman–Crippen MR) is 65.8 cm³/mol. The summed E-state index contributed by atoms with van der Waals surface area (Å²) in [6.07, 6.45) is 3.52. The van der Waals surface area contributed by atoms with Crippen molar-refractivity contribution in [2.24, 2.45) is 5.92 Å². The molecule has 0 bridgehead atoms. The summed E-state index contributed by atoms with van der Waals surface area (Å²) in [4.78, 5) is 0. The van der Waals surface area contributed by atoms with Crippen LogP contribution in [0.4, 0.5) is 0 Å². The van der Waals surface area contributed by atoms with Crippen molar-refractivity contribution in [2.45, 2.75) is 19.3 Å². The molecule has 2 rings (SSSR count). The standard InChI is InChI=1S/C10H12Cl2N2S/c11-9-6-8(13-14-10(9)12)5-7-1-3-15-4-2-7/h6-7H,1-5H2. The van der Waals surface area contributed by atoms with E-state index in [-0.39, 0.29) is 0 Å². The molecule has 5 heteroatoms. The summed E-state index contributed by atoms with van der Waals surface area (Å²) in [7, 11) is 0. The Hall–Kier alpha value is 0.01000. The van der Waals surface area contributed by atoms with Crippen molar-refractivity contribution in [3.05, 3.63) is 21.9 Å². The van der Waals surface area contributed by atoms with Crippen molar-refractivity contribution in [1.82, 2.24) is 10.2 Å². The smallest absolute Gasteiger partial charge is 0.162 e. The number of thioether (sulfide) groups is 1. The summed E-state index contributed by atoms with van der Waals surface area (Å²) < 4.78 is 0. The minimum absolute atomic E-state index is 0.291. The van der Waals surface area contributed by atoms with Crippen molar-refractivity contribution in [2.75, 3.05) is 11.5 Å². The number of hydrogen-bond donors (Lipinski definition) is 0. The van der Waals surface area contributed by atoms with Crippen LogP contribution in [0.15, 0.2) is 6.07 Å². The predicted octanol–water partition coefficient (Wildman–Crippen LogP) is 3.47. The first kappa shape index (κ1) is 11.5. The second-order valence-corrected chi connectivity index (χ2v) is 5.72. The van der Waals surface area contributed by atoms with Gasteiger partial charge < -0.3 is 0 Å². The molecule has 0 aromatic carbocycles. The Morgan fingerprint density at radius 1 is 1.27 bits per heavy atom. The fourth-order valence-corrected chi connectivity index (χ4v) is 3.20. The summed E-state index contributed by atoms with van der Waals surface area (Å²) in [5.74, 6) is 3.26. The third-order valence-corrected chi connectivity index (χ3v) is 4.31. The summed E-state index contributed by atoms with van der Waals surface area (Å²) in [5, 5.41) is 8.68. The van der Waals surface area contributed by atoms with E-state index in [0.29, 0.717) is 10.2 Å². The zero-order valence-corrected chi connectivity index (χ0v) is 10.6. The van der Waals surface area contributed by atoms with Crippen LogP contribution in [0.1, 0.15) is 18.5 Å². The lowest BCUT2D eigenvalue weighted by molar-refractivity contribution is 0.480. The largest absolute Gasteiger partial charge is 0.170 e. The van der Waals surface area contributed by atoms with Crippen LogP contribution >= 0.6 is 35.0 Å². The molecule has 1 aliphatic rings. The van der Waals surface area contributed by atoms with E-state index in [2.05, 4.69) is 10.2 Å². The van der Waals surface area contributed by atoms with Gasteiger partial charge in [-0.25, -0.2) is 0 Å². The van der Waals surface area contributed by atoms with Crippen LogP contribution in [0.5, 0.6) is 0 Å². The first-order valence-electron chi connectivity index (χ1n) is 5.01. The Kier molecular flexibility index (Phi) is 4.12. The molecule has 0 spiro atoms. The van der Waals surface area contributed by atoms with Gasteiger partial charge >= 0.3 is 0 Å². The number of hydrogen-bond acceptors (Lipinski definition) is 3. The highest BCUT2D eigenvalue weighted by molar-refractivity contribution is 7.99. The molecular formula is C10H12Cl2N2S. The van der Waals surface area contributed by atoms with E-state index in [4.69, 9.17) is 23.2 Å². The highest BCUT2D eigenvalue weighted by atomic mass is 35.5. The van der Waals surface area contributed by atoms with Crippen LogP contribution in [-0.2, 0) is 6.42 Å². The van der Waals surface area contributed by atoms with Gasteiger partial charge in [-0.1, -0.05) is 23.2 Å². The van der Waals surface area contributed by atoms with E-state index in [1.54, 1.807) is 0 Å². The molecule has 1 saturated heterocycles. The molecule has 1 fully saturated rings. The van der Waals surface area contributed by atoms with Gasteiger partial charge in [0.15, 0.2) is 5.15 Å². The summed E-state index contributed by atoms with van der Waals surface area (Å²) in [6.45, 7) is 0. The van der Waals surface area contributed by atoms with Crippen LogP contribution in [0, 0.1) is 5.92 Å². The molecule has 0 saturated carbocycles. The SMILES string of the molecule is Clc1cc(CC2CCSCC2)nnc1Cl. The first-order valence-corrected chi connectivity index (χ1v) is 6.92. The van der Waals surface area contributed by atoms with E-state index in [0.717, 1.165) is 18.0 Å². The molecule has 2 nitrogen and oxygen atoms in total. The number of aromatic nitrogens is 2. The lowest BCUT2D eigenvalue weighted by Crippen LogP contribution is -2.13. The zero-order valence-electron chi connectivity index (χ0n) is 8.25. The Bertz CT molecular complexity index is 340. The minimum Gasteiger partial charge on any atom is -0.162 e. The van der Waals surface area contributed by atoms with Gasteiger partial charge in [-0.2, -0.15) is 16.9 Å².